The standard InChI is InChI=1S/C21H41N5O5/c1-12(2)10-15(23)19(28)26-17(11-13(3)4)20(29)24-14(5)18(27)25-16(21(30)31)8-6-7-9-22/h12-17H,6-11,22-23H2,1-5H3,(H,24,29)(H,25,27)(H,26,28)(H,30,31). The number of carboxylic acids is 1. The molecule has 0 bridgehead atoms. The molecule has 0 aliphatic heterocycles. The highest BCUT2D eigenvalue weighted by Crippen LogP contribution is 2.08. The van der Waals surface area contributed by atoms with E-state index in [1.807, 2.05) is 27.7 Å². The van der Waals surface area contributed by atoms with Crippen LogP contribution in [0.5, 0.6) is 0 Å². The van der Waals surface area contributed by atoms with Gasteiger partial charge in [0.05, 0.1) is 6.04 Å². The molecule has 0 aromatic rings. The summed E-state index contributed by atoms with van der Waals surface area (Å²) in [5, 5.41) is 17.0. The van der Waals surface area contributed by atoms with Gasteiger partial charge in [0.1, 0.15) is 18.1 Å². The van der Waals surface area contributed by atoms with Crippen molar-refractivity contribution in [2.45, 2.75) is 90.9 Å². The van der Waals surface area contributed by atoms with Gasteiger partial charge in [-0.25, -0.2) is 4.79 Å². The van der Waals surface area contributed by atoms with Crippen molar-refractivity contribution in [1.29, 1.82) is 0 Å². The number of hydrogen-bond acceptors (Lipinski definition) is 6. The fourth-order valence-electron chi connectivity index (χ4n) is 3.02. The minimum absolute atomic E-state index is 0.112. The molecule has 3 amide bonds. The summed E-state index contributed by atoms with van der Waals surface area (Å²) in [6.45, 7) is 9.63. The van der Waals surface area contributed by atoms with Crippen LogP contribution in [-0.2, 0) is 19.2 Å². The summed E-state index contributed by atoms with van der Waals surface area (Å²) in [6, 6.07) is -3.60. The average molecular weight is 444 g/mol. The maximum absolute atomic E-state index is 12.7. The highest BCUT2D eigenvalue weighted by molar-refractivity contribution is 5.93. The highest BCUT2D eigenvalue weighted by Gasteiger charge is 2.28. The maximum Gasteiger partial charge on any atom is 0.326 e. The molecular weight excluding hydrogens is 402 g/mol. The number of hydrogen-bond donors (Lipinski definition) is 6. The largest absolute Gasteiger partial charge is 0.480 e. The number of carbonyl (C=O) groups is 4. The topological polar surface area (TPSA) is 177 Å². The molecule has 0 radical (unpaired) electrons. The van der Waals surface area contributed by atoms with Gasteiger partial charge in [-0.15, -0.1) is 0 Å². The van der Waals surface area contributed by atoms with E-state index >= 15 is 0 Å². The van der Waals surface area contributed by atoms with Crippen LogP contribution in [0.4, 0.5) is 0 Å². The molecule has 0 rings (SSSR count). The quantitative estimate of drug-likeness (QED) is 0.194. The molecule has 0 saturated carbocycles. The number of carboxylic acid groups (broad SMARTS) is 1. The summed E-state index contributed by atoms with van der Waals surface area (Å²) >= 11 is 0. The van der Waals surface area contributed by atoms with Crippen molar-refractivity contribution in [3.8, 4) is 0 Å². The third kappa shape index (κ3) is 12.3. The van der Waals surface area contributed by atoms with Crippen LogP contribution in [0.2, 0.25) is 0 Å². The normalized spacial score (nSPS) is 15.1. The van der Waals surface area contributed by atoms with Gasteiger partial charge in [0.25, 0.3) is 0 Å². The third-order valence-corrected chi connectivity index (χ3v) is 4.72. The first-order valence-corrected chi connectivity index (χ1v) is 11.0. The number of carbonyl (C=O) groups excluding carboxylic acids is 3. The van der Waals surface area contributed by atoms with E-state index in [1.54, 1.807) is 0 Å². The Morgan fingerprint density at radius 1 is 0.774 bits per heavy atom. The summed E-state index contributed by atoms with van der Waals surface area (Å²) in [7, 11) is 0. The van der Waals surface area contributed by atoms with E-state index in [4.69, 9.17) is 11.5 Å². The molecule has 31 heavy (non-hydrogen) atoms. The molecule has 180 valence electrons. The van der Waals surface area contributed by atoms with E-state index in [0.29, 0.717) is 32.2 Å². The lowest BCUT2D eigenvalue weighted by atomic mass is 10.0. The van der Waals surface area contributed by atoms with E-state index in [9.17, 15) is 24.3 Å². The molecular formula is C21H41N5O5. The number of nitrogens with one attached hydrogen (secondary N) is 3. The summed E-state index contributed by atoms with van der Waals surface area (Å²) in [5.74, 6) is -2.35. The van der Waals surface area contributed by atoms with Gasteiger partial charge in [0, 0.05) is 0 Å². The number of nitrogens with two attached hydrogens (primary N) is 2. The van der Waals surface area contributed by atoms with E-state index < -0.39 is 47.9 Å². The molecule has 0 spiro atoms. The van der Waals surface area contributed by atoms with Crippen LogP contribution >= 0.6 is 0 Å². The molecule has 0 aliphatic rings. The van der Waals surface area contributed by atoms with Crippen LogP contribution in [-0.4, -0.2) is 59.5 Å². The smallest absolute Gasteiger partial charge is 0.326 e. The third-order valence-electron chi connectivity index (χ3n) is 4.72. The first kappa shape index (κ1) is 28.8. The summed E-state index contributed by atoms with van der Waals surface area (Å²) < 4.78 is 0. The Morgan fingerprint density at radius 3 is 1.81 bits per heavy atom. The lowest BCUT2D eigenvalue weighted by molar-refractivity contribution is -0.142. The van der Waals surface area contributed by atoms with E-state index in [0.717, 1.165) is 0 Å². The molecule has 10 nitrogen and oxygen atoms in total. The highest BCUT2D eigenvalue weighted by atomic mass is 16.4. The van der Waals surface area contributed by atoms with Gasteiger partial charge < -0.3 is 32.5 Å². The van der Waals surface area contributed by atoms with Crippen molar-refractivity contribution < 1.29 is 24.3 Å². The molecule has 4 atom stereocenters. The fourth-order valence-corrected chi connectivity index (χ4v) is 3.02. The molecule has 0 heterocycles. The van der Waals surface area contributed by atoms with Crippen LogP contribution < -0.4 is 27.4 Å². The van der Waals surface area contributed by atoms with Crippen LogP contribution in [0.15, 0.2) is 0 Å². The number of aliphatic carboxylic acids is 1. The van der Waals surface area contributed by atoms with Gasteiger partial charge in [-0.2, -0.15) is 0 Å². The molecule has 0 saturated heterocycles. The molecule has 0 aromatic carbocycles. The van der Waals surface area contributed by atoms with Crippen molar-refractivity contribution in [2.24, 2.45) is 23.3 Å². The Balaban J connectivity index is 5.00. The van der Waals surface area contributed by atoms with Gasteiger partial charge >= 0.3 is 5.97 Å². The summed E-state index contributed by atoms with van der Waals surface area (Å²) in [5.41, 5.74) is 11.3. The molecule has 10 heteroatoms. The Hall–Kier alpha value is -2.20. The lowest BCUT2D eigenvalue weighted by Gasteiger charge is -2.25. The SMILES string of the molecule is CC(C)CC(N)C(=O)NC(CC(C)C)C(=O)NC(C)C(=O)NC(CCCCN)C(=O)O. The minimum Gasteiger partial charge on any atom is -0.480 e. The number of unbranched alkanes of at least 4 members (excludes halogenated alkanes) is 1. The lowest BCUT2D eigenvalue weighted by Crippen LogP contribution is -2.56. The van der Waals surface area contributed by atoms with E-state index in [1.165, 1.54) is 6.92 Å². The van der Waals surface area contributed by atoms with Crippen LogP contribution in [0.1, 0.15) is 66.7 Å². The van der Waals surface area contributed by atoms with Gasteiger partial charge in [0.15, 0.2) is 0 Å². The average Bonchev–Trinajstić information content (AvgIpc) is 2.65. The zero-order valence-corrected chi connectivity index (χ0v) is 19.4. The zero-order chi connectivity index (χ0) is 24.1. The number of amides is 3. The van der Waals surface area contributed by atoms with Crippen LogP contribution in [0.3, 0.4) is 0 Å². The minimum atomic E-state index is -1.15. The molecule has 0 aromatic heterocycles. The number of rotatable bonds is 15. The van der Waals surface area contributed by atoms with E-state index in [-0.39, 0.29) is 18.3 Å². The zero-order valence-electron chi connectivity index (χ0n) is 19.4. The Kier molecular flexibility index (Phi) is 13.7. The molecule has 0 fully saturated rings. The Labute approximate surface area is 185 Å². The maximum atomic E-state index is 12.7. The summed E-state index contributed by atoms with van der Waals surface area (Å²) in [6.07, 6.45) is 2.33. The van der Waals surface area contributed by atoms with Crippen molar-refractivity contribution in [2.75, 3.05) is 6.54 Å². The van der Waals surface area contributed by atoms with Crippen LogP contribution in [0, 0.1) is 11.8 Å². The molecule has 0 aliphatic carbocycles. The Bertz CT molecular complexity index is 597. The second-order valence-corrected chi connectivity index (χ2v) is 8.84. The summed E-state index contributed by atoms with van der Waals surface area (Å²) in [4.78, 5) is 48.9. The van der Waals surface area contributed by atoms with Gasteiger partial charge in [-0.05, 0) is 57.4 Å². The van der Waals surface area contributed by atoms with Gasteiger partial charge in [-0.1, -0.05) is 27.7 Å². The Morgan fingerprint density at radius 2 is 1.32 bits per heavy atom. The predicted molar refractivity (Wildman–Crippen MR) is 119 cm³/mol. The second-order valence-electron chi connectivity index (χ2n) is 8.84. The first-order chi connectivity index (χ1) is 14.4. The predicted octanol–water partition coefficient (Wildman–Crippen LogP) is 0.0938. The van der Waals surface area contributed by atoms with Crippen molar-refractivity contribution >= 4 is 23.7 Å². The van der Waals surface area contributed by atoms with Crippen molar-refractivity contribution in [3.05, 3.63) is 0 Å². The molecule has 8 N–H and O–H groups in total. The van der Waals surface area contributed by atoms with Crippen LogP contribution in [0.25, 0.3) is 0 Å². The fraction of sp³-hybridized carbons (Fsp3) is 0.810. The monoisotopic (exact) mass is 443 g/mol. The van der Waals surface area contributed by atoms with Crippen molar-refractivity contribution in [1.82, 2.24) is 16.0 Å². The van der Waals surface area contributed by atoms with E-state index in [2.05, 4.69) is 16.0 Å². The van der Waals surface area contributed by atoms with Gasteiger partial charge in [0.2, 0.25) is 17.7 Å². The van der Waals surface area contributed by atoms with Gasteiger partial charge in [-0.3, -0.25) is 14.4 Å². The first-order valence-electron chi connectivity index (χ1n) is 11.0. The van der Waals surface area contributed by atoms with Crippen molar-refractivity contribution in [3.63, 3.8) is 0 Å². The second kappa shape index (κ2) is 14.7. The molecule has 4 unspecified atom stereocenters.